The van der Waals surface area contributed by atoms with Gasteiger partial charge >= 0.3 is 6.03 Å². The van der Waals surface area contributed by atoms with Crippen LogP contribution in [0.25, 0.3) is 0 Å². The van der Waals surface area contributed by atoms with Gasteiger partial charge in [0, 0.05) is 43.6 Å². The summed E-state index contributed by atoms with van der Waals surface area (Å²) < 4.78 is 0. The average molecular weight is 454 g/mol. The van der Waals surface area contributed by atoms with E-state index >= 15 is 0 Å². The van der Waals surface area contributed by atoms with Crippen LogP contribution in [0.4, 0.5) is 10.5 Å². The summed E-state index contributed by atoms with van der Waals surface area (Å²) >= 11 is 0. The zero-order valence-corrected chi connectivity index (χ0v) is 18.3. The first-order valence-corrected chi connectivity index (χ1v) is 9.65. The minimum Gasteiger partial charge on any atom is -0.352 e. The zero-order chi connectivity index (χ0) is 19.8. The average Bonchev–Trinajstić information content (AvgIpc) is 3.10. The largest absolute Gasteiger partial charge is 0.352 e. The van der Waals surface area contributed by atoms with Gasteiger partial charge in [0.1, 0.15) is 0 Å². The summed E-state index contributed by atoms with van der Waals surface area (Å²) in [6, 6.07) is 11.0. The second kappa shape index (κ2) is 13.1. The summed E-state index contributed by atoms with van der Waals surface area (Å²) in [4.78, 5) is 28.2. The molecular weight excluding hydrogens is 425 g/mol. The van der Waals surface area contributed by atoms with E-state index < -0.39 is 0 Å². The molecule has 30 heavy (non-hydrogen) atoms. The van der Waals surface area contributed by atoms with Crippen LogP contribution < -0.4 is 21.7 Å². The van der Waals surface area contributed by atoms with Crippen molar-refractivity contribution in [2.45, 2.75) is 44.8 Å². The molecule has 5 N–H and O–H groups in total. The standard InChI is InChI=1S/C21H27N5O2.2ClH/c22-19-6-2-4-17(19)12-20(27)24-14-16-3-1-5-18(11-16)26-21(28)25-13-15-7-9-23-10-8-15;;/h1,3,5,7-11,17,19H,2,4,6,12-14,22H2,(H,24,27)(H2,25,26,28);2*1H/t17-,19+;;/m0../s1. The number of anilines is 1. The highest BCUT2D eigenvalue weighted by molar-refractivity contribution is 5.89. The molecule has 0 bridgehead atoms. The number of halogens is 2. The molecule has 1 aromatic carbocycles. The molecule has 7 nitrogen and oxygen atoms in total. The van der Waals surface area contributed by atoms with Crippen molar-refractivity contribution in [3.8, 4) is 0 Å². The number of hydrogen-bond acceptors (Lipinski definition) is 4. The number of carbonyl (C=O) groups excluding carboxylic acids is 2. The van der Waals surface area contributed by atoms with E-state index in [0.717, 1.165) is 30.4 Å². The molecule has 164 valence electrons. The number of urea groups is 1. The molecule has 0 spiro atoms. The third-order valence-corrected chi connectivity index (χ3v) is 5.04. The maximum absolute atomic E-state index is 12.1. The van der Waals surface area contributed by atoms with Crippen LogP contribution >= 0.6 is 24.8 Å². The lowest BCUT2D eigenvalue weighted by Gasteiger charge is -2.15. The lowest BCUT2D eigenvalue weighted by atomic mass is 10.00. The van der Waals surface area contributed by atoms with Crippen LogP contribution in [-0.2, 0) is 17.9 Å². The Labute approximate surface area is 189 Å². The second-order valence-corrected chi connectivity index (χ2v) is 7.20. The molecule has 2 aromatic rings. The van der Waals surface area contributed by atoms with Gasteiger partial charge in [-0.25, -0.2) is 4.79 Å². The van der Waals surface area contributed by atoms with Gasteiger partial charge in [0.25, 0.3) is 0 Å². The molecule has 1 aromatic heterocycles. The van der Waals surface area contributed by atoms with Crippen molar-refractivity contribution in [3.05, 3.63) is 59.9 Å². The van der Waals surface area contributed by atoms with E-state index in [9.17, 15) is 9.59 Å². The summed E-state index contributed by atoms with van der Waals surface area (Å²) in [5, 5.41) is 8.56. The lowest BCUT2D eigenvalue weighted by Crippen LogP contribution is -2.31. The fourth-order valence-electron chi connectivity index (χ4n) is 3.45. The van der Waals surface area contributed by atoms with Crippen molar-refractivity contribution in [2.24, 2.45) is 11.7 Å². The number of carbonyl (C=O) groups is 2. The number of rotatable bonds is 7. The Balaban J connectivity index is 0.00000225. The van der Waals surface area contributed by atoms with E-state index in [1.807, 2.05) is 36.4 Å². The molecule has 9 heteroatoms. The predicted octanol–water partition coefficient (Wildman–Crippen LogP) is 3.38. The van der Waals surface area contributed by atoms with Gasteiger partial charge in [-0.1, -0.05) is 18.6 Å². The Kier molecular flexibility index (Phi) is 11.2. The third kappa shape index (κ3) is 8.18. The highest BCUT2D eigenvalue weighted by Crippen LogP contribution is 2.26. The van der Waals surface area contributed by atoms with E-state index in [1.54, 1.807) is 12.4 Å². The normalized spacial score (nSPS) is 17.2. The van der Waals surface area contributed by atoms with Crippen LogP contribution in [0.15, 0.2) is 48.8 Å². The van der Waals surface area contributed by atoms with Gasteiger partial charge in [0.2, 0.25) is 5.91 Å². The van der Waals surface area contributed by atoms with Crippen LogP contribution in [0.5, 0.6) is 0 Å². The monoisotopic (exact) mass is 453 g/mol. The molecule has 1 heterocycles. The number of aromatic nitrogens is 1. The summed E-state index contributed by atoms with van der Waals surface area (Å²) in [5.41, 5.74) is 8.61. The van der Waals surface area contributed by atoms with E-state index in [1.165, 1.54) is 0 Å². The second-order valence-electron chi connectivity index (χ2n) is 7.20. The molecule has 0 radical (unpaired) electrons. The molecule has 0 aliphatic heterocycles. The van der Waals surface area contributed by atoms with Crippen molar-refractivity contribution < 1.29 is 9.59 Å². The smallest absolute Gasteiger partial charge is 0.319 e. The van der Waals surface area contributed by atoms with Crippen molar-refractivity contribution in [1.82, 2.24) is 15.6 Å². The summed E-state index contributed by atoms with van der Waals surface area (Å²) in [7, 11) is 0. The van der Waals surface area contributed by atoms with Crippen molar-refractivity contribution in [1.29, 1.82) is 0 Å². The topological polar surface area (TPSA) is 109 Å². The molecule has 2 atom stereocenters. The zero-order valence-electron chi connectivity index (χ0n) is 16.7. The van der Waals surface area contributed by atoms with Gasteiger partial charge in [0.05, 0.1) is 0 Å². The Bertz CT molecular complexity index is 807. The van der Waals surface area contributed by atoms with E-state index in [0.29, 0.717) is 25.2 Å². The Morgan fingerprint density at radius 2 is 1.73 bits per heavy atom. The van der Waals surface area contributed by atoms with Crippen molar-refractivity contribution in [3.63, 3.8) is 0 Å². The summed E-state index contributed by atoms with van der Waals surface area (Å²) in [5.74, 6) is 0.313. The van der Waals surface area contributed by atoms with Gasteiger partial charge in [-0.05, 0) is 54.2 Å². The van der Waals surface area contributed by atoms with E-state index in [-0.39, 0.29) is 48.7 Å². The van der Waals surface area contributed by atoms with Crippen LogP contribution in [0.3, 0.4) is 0 Å². The molecule has 3 amide bonds. The van der Waals surface area contributed by atoms with E-state index in [4.69, 9.17) is 5.73 Å². The van der Waals surface area contributed by atoms with Crippen molar-refractivity contribution in [2.75, 3.05) is 5.32 Å². The van der Waals surface area contributed by atoms with Crippen LogP contribution in [0.1, 0.15) is 36.8 Å². The molecule has 0 saturated heterocycles. The van der Waals surface area contributed by atoms with Gasteiger partial charge in [-0.15, -0.1) is 24.8 Å². The molecule has 1 aliphatic carbocycles. The Morgan fingerprint density at radius 1 is 1.00 bits per heavy atom. The van der Waals surface area contributed by atoms with Crippen molar-refractivity contribution >= 4 is 42.4 Å². The fraction of sp³-hybridized carbons (Fsp3) is 0.381. The Morgan fingerprint density at radius 3 is 2.43 bits per heavy atom. The minimum atomic E-state index is -0.284. The lowest BCUT2D eigenvalue weighted by molar-refractivity contribution is -0.122. The van der Waals surface area contributed by atoms with Gasteiger partial charge < -0.3 is 21.7 Å². The van der Waals surface area contributed by atoms with Crippen LogP contribution in [-0.4, -0.2) is 23.0 Å². The first kappa shape index (κ1) is 25.7. The van der Waals surface area contributed by atoms with E-state index in [2.05, 4.69) is 20.9 Å². The number of benzene rings is 1. The maximum Gasteiger partial charge on any atom is 0.319 e. The predicted molar refractivity (Wildman–Crippen MR) is 123 cm³/mol. The number of nitrogens with one attached hydrogen (secondary N) is 3. The molecular formula is C21H29Cl2N5O2. The number of nitrogens with zero attached hydrogens (tertiary/aromatic N) is 1. The summed E-state index contributed by atoms with van der Waals surface area (Å²) in [6.45, 7) is 0.850. The van der Waals surface area contributed by atoms with Gasteiger partial charge in [0.15, 0.2) is 0 Å². The first-order valence-electron chi connectivity index (χ1n) is 9.65. The highest BCUT2D eigenvalue weighted by Gasteiger charge is 2.25. The molecule has 0 unspecified atom stereocenters. The number of pyridine rings is 1. The summed E-state index contributed by atoms with van der Waals surface area (Å²) in [6.07, 6.45) is 7.00. The molecule has 1 saturated carbocycles. The number of nitrogens with two attached hydrogens (primary N) is 1. The van der Waals surface area contributed by atoms with Crippen LogP contribution in [0.2, 0.25) is 0 Å². The SMILES string of the molecule is Cl.Cl.N[C@@H]1CCC[C@H]1CC(=O)NCc1cccc(NC(=O)NCc2ccncc2)c1. The minimum absolute atomic E-state index is 0. The van der Waals surface area contributed by atoms with Crippen LogP contribution in [0, 0.1) is 5.92 Å². The van der Waals surface area contributed by atoms with Gasteiger partial charge in [-0.3, -0.25) is 9.78 Å². The van der Waals surface area contributed by atoms with Gasteiger partial charge in [-0.2, -0.15) is 0 Å². The Hall–Kier alpha value is -2.35. The quantitative estimate of drug-likeness (QED) is 0.514. The molecule has 3 rings (SSSR count). The number of hydrogen-bond donors (Lipinski definition) is 4. The first-order chi connectivity index (χ1) is 13.6. The fourth-order valence-corrected chi connectivity index (χ4v) is 3.45. The number of amides is 3. The highest BCUT2D eigenvalue weighted by atomic mass is 35.5. The third-order valence-electron chi connectivity index (χ3n) is 5.04. The maximum atomic E-state index is 12.1. The molecule has 1 fully saturated rings. The molecule has 1 aliphatic rings.